The Hall–Kier alpha value is -1.36. The first kappa shape index (κ1) is 13.6. The molecule has 0 radical (unpaired) electrons. The Bertz CT molecular complexity index is 222. The van der Waals surface area contributed by atoms with E-state index in [0.717, 1.165) is 12.2 Å². The fourth-order valence-electron chi connectivity index (χ4n) is 0.761. The Morgan fingerprint density at radius 2 is 1.73 bits per heavy atom. The SMILES string of the molecule is CCOC(=O)C=CC(=O)OCCCCO. The second-order valence-corrected chi connectivity index (χ2v) is 2.68. The molecule has 0 fully saturated rings. The Morgan fingerprint density at radius 3 is 2.27 bits per heavy atom. The number of carbonyl (C=O) groups excluding carboxylic acids is 2. The van der Waals surface area contributed by atoms with Crippen molar-refractivity contribution in [2.45, 2.75) is 19.8 Å². The Balaban J connectivity index is 3.59. The van der Waals surface area contributed by atoms with E-state index in [0.29, 0.717) is 12.8 Å². The molecule has 0 rings (SSSR count). The van der Waals surface area contributed by atoms with Gasteiger partial charge in [-0.25, -0.2) is 9.59 Å². The van der Waals surface area contributed by atoms with E-state index >= 15 is 0 Å². The van der Waals surface area contributed by atoms with Gasteiger partial charge in [-0.3, -0.25) is 0 Å². The Labute approximate surface area is 88.7 Å². The molecule has 15 heavy (non-hydrogen) atoms. The van der Waals surface area contributed by atoms with Crippen molar-refractivity contribution < 1.29 is 24.2 Å². The van der Waals surface area contributed by atoms with Gasteiger partial charge in [-0.05, 0) is 19.8 Å². The molecule has 0 aromatic rings. The number of hydrogen-bond donors (Lipinski definition) is 1. The van der Waals surface area contributed by atoms with Crippen LogP contribution in [-0.4, -0.2) is 36.9 Å². The molecule has 0 saturated heterocycles. The van der Waals surface area contributed by atoms with Gasteiger partial charge >= 0.3 is 11.9 Å². The highest BCUT2D eigenvalue weighted by Crippen LogP contribution is 1.91. The zero-order valence-electron chi connectivity index (χ0n) is 8.77. The van der Waals surface area contributed by atoms with Crippen LogP contribution in [0.2, 0.25) is 0 Å². The van der Waals surface area contributed by atoms with Crippen LogP contribution in [0.3, 0.4) is 0 Å². The first-order valence-corrected chi connectivity index (χ1v) is 4.83. The minimum absolute atomic E-state index is 0.0796. The minimum atomic E-state index is -0.582. The van der Waals surface area contributed by atoms with Gasteiger partial charge in [0.1, 0.15) is 0 Å². The van der Waals surface area contributed by atoms with Crippen LogP contribution in [-0.2, 0) is 19.1 Å². The Kier molecular flexibility index (Phi) is 8.37. The molecule has 1 N–H and O–H groups in total. The number of hydrogen-bond acceptors (Lipinski definition) is 5. The molecular weight excluding hydrogens is 200 g/mol. The molecule has 0 aliphatic carbocycles. The van der Waals surface area contributed by atoms with Crippen LogP contribution in [0.15, 0.2) is 12.2 Å². The second kappa shape index (κ2) is 9.21. The summed E-state index contributed by atoms with van der Waals surface area (Å²) < 4.78 is 9.30. The molecule has 86 valence electrons. The molecule has 0 aromatic carbocycles. The van der Waals surface area contributed by atoms with Crippen LogP contribution < -0.4 is 0 Å². The third-order valence-corrected chi connectivity index (χ3v) is 1.44. The van der Waals surface area contributed by atoms with Crippen molar-refractivity contribution in [1.82, 2.24) is 0 Å². The molecular formula is C10H16O5. The summed E-state index contributed by atoms with van der Waals surface area (Å²) in [6, 6.07) is 0. The number of unbranched alkanes of at least 4 members (excludes halogenated alkanes) is 1. The summed E-state index contributed by atoms with van der Waals surface area (Å²) in [5, 5.41) is 8.45. The van der Waals surface area contributed by atoms with Gasteiger partial charge in [0.15, 0.2) is 0 Å². The van der Waals surface area contributed by atoms with Gasteiger partial charge in [0, 0.05) is 18.8 Å². The van der Waals surface area contributed by atoms with Gasteiger partial charge < -0.3 is 14.6 Å². The lowest BCUT2D eigenvalue weighted by Crippen LogP contribution is -2.05. The van der Waals surface area contributed by atoms with E-state index in [1.165, 1.54) is 0 Å². The maximum atomic E-state index is 10.9. The number of aliphatic hydroxyl groups excluding tert-OH is 1. The molecule has 0 atom stereocenters. The van der Waals surface area contributed by atoms with Crippen LogP contribution in [0.25, 0.3) is 0 Å². The van der Waals surface area contributed by atoms with E-state index in [1.54, 1.807) is 6.92 Å². The van der Waals surface area contributed by atoms with Gasteiger partial charge in [-0.2, -0.15) is 0 Å². The standard InChI is InChI=1S/C10H16O5/c1-2-14-9(12)5-6-10(13)15-8-4-3-7-11/h5-6,11H,2-4,7-8H2,1H3. The number of rotatable bonds is 7. The lowest BCUT2D eigenvalue weighted by molar-refractivity contribution is -0.140. The number of esters is 2. The Morgan fingerprint density at radius 1 is 1.13 bits per heavy atom. The van der Waals surface area contributed by atoms with Gasteiger partial charge in [0.05, 0.1) is 13.2 Å². The van der Waals surface area contributed by atoms with Crippen LogP contribution >= 0.6 is 0 Å². The predicted molar refractivity (Wildman–Crippen MR) is 53.1 cm³/mol. The van der Waals surface area contributed by atoms with E-state index < -0.39 is 11.9 Å². The zero-order valence-corrected chi connectivity index (χ0v) is 8.77. The van der Waals surface area contributed by atoms with Crippen molar-refractivity contribution in [3.05, 3.63) is 12.2 Å². The maximum absolute atomic E-state index is 10.9. The molecule has 0 spiro atoms. The van der Waals surface area contributed by atoms with E-state index in [-0.39, 0.29) is 19.8 Å². The highest BCUT2D eigenvalue weighted by atomic mass is 16.5. The zero-order chi connectivity index (χ0) is 11.5. The van der Waals surface area contributed by atoms with Crippen LogP contribution in [0, 0.1) is 0 Å². The molecule has 5 heteroatoms. The van der Waals surface area contributed by atoms with Crippen LogP contribution in [0.1, 0.15) is 19.8 Å². The highest BCUT2D eigenvalue weighted by molar-refractivity contribution is 5.91. The van der Waals surface area contributed by atoms with Crippen molar-refractivity contribution in [1.29, 1.82) is 0 Å². The number of aliphatic hydroxyl groups is 1. The molecule has 0 saturated carbocycles. The van der Waals surface area contributed by atoms with E-state index in [2.05, 4.69) is 4.74 Å². The fraction of sp³-hybridized carbons (Fsp3) is 0.600. The molecule has 0 bridgehead atoms. The fourth-order valence-corrected chi connectivity index (χ4v) is 0.761. The van der Waals surface area contributed by atoms with Gasteiger partial charge in [0.25, 0.3) is 0 Å². The first-order valence-electron chi connectivity index (χ1n) is 4.83. The second-order valence-electron chi connectivity index (χ2n) is 2.68. The summed E-state index contributed by atoms with van der Waals surface area (Å²) in [4.78, 5) is 21.7. The smallest absolute Gasteiger partial charge is 0.331 e. The monoisotopic (exact) mass is 216 g/mol. The molecule has 5 nitrogen and oxygen atoms in total. The third kappa shape index (κ3) is 8.96. The van der Waals surface area contributed by atoms with Crippen molar-refractivity contribution in [3.8, 4) is 0 Å². The average Bonchev–Trinajstić information content (AvgIpc) is 2.22. The quantitative estimate of drug-likeness (QED) is 0.379. The van der Waals surface area contributed by atoms with E-state index in [4.69, 9.17) is 9.84 Å². The third-order valence-electron chi connectivity index (χ3n) is 1.44. The summed E-state index contributed by atoms with van der Waals surface area (Å²) >= 11 is 0. The largest absolute Gasteiger partial charge is 0.463 e. The summed E-state index contributed by atoms with van der Waals surface area (Å²) in [7, 11) is 0. The lowest BCUT2D eigenvalue weighted by Gasteiger charge is -1.99. The molecule has 0 aromatic heterocycles. The van der Waals surface area contributed by atoms with Crippen LogP contribution in [0.5, 0.6) is 0 Å². The highest BCUT2D eigenvalue weighted by Gasteiger charge is 1.99. The molecule has 0 unspecified atom stereocenters. The molecule has 0 amide bonds. The minimum Gasteiger partial charge on any atom is -0.463 e. The number of ether oxygens (including phenoxy) is 2. The topological polar surface area (TPSA) is 72.8 Å². The summed E-state index contributed by atoms with van der Waals surface area (Å²) in [5.74, 6) is -1.15. The molecule has 0 aliphatic heterocycles. The van der Waals surface area contributed by atoms with Crippen molar-refractivity contribution in [3.63, 3.8) is 0 Å². The molecule has 0 heterocycles. The maximum Gasteiger partial charge on any atom is 0.331 e. The normalized spacial score (nSPS) is 10.3. The van der Waals surface area contributed by atoms with Crippen molar-refractivity contribution in [2.24, 2.45) is 0 Å². The molecule has 0 aliphatic rings. The number of carbonyl (C=O) groups is 2. The van der Waals surface area contributed by atoms with Crippen LogP contribution in [0.4, 0.5) is 0 Å². The van der Waals surface area contributed by atoms with Gasteiger partial charge in [-0.15, -0.1) is 0 Å². The van der Waals surface area contributed by atoms with E-state index in [1.807, 2.05) is 0 Å². The lowest BCUT2D eigenvalue weighted by atomic mass is 10.3. The van der Waals surface area contributed by atoms with Crippen molar-refractivity contribution >= 4 is 11.9 Å². The van der Waals surface area contributed by atoms with Gasteiger partial charge in [-0.1, -0.05) is 0 Å². The average molecular weight is 216 g/mol. The van der Waals surface area contributed by atoms with E-state index in [9.17, 15) is 9.59 Å². The predicted octanol–water partition coefficient (Wildman–Crippen LogP) is 0.421. The van der Waals surface area contributed by atoms with Gasteiger partial charge in [0.2, 0.25) is 0 Å². The first-order chi connectivity index (χ1) is 7.20. The summed E-state index contributed by atoms with van der Waals surface area (Å²) in [5.41, 5.74) is 0. The summed E-state index contributed by atoms with van der Waals surface area (Å²) in [6.07, 6.45) is 3.25. The summed E-state index contributed by atoms with van der Waals surface area (Å²) in [6.45, 7) is 2.27. The van der Waals surface area contributed by atoms with Crippen molar-refractivity contribution in [2.75, 3.05) is 19.8 Å².